The number of piperidine rings is 2. The van der Waals surface area contributed by atoms with Gasteiger partial charge in [-0.1, -0.05) is 13.3 Å². The van der Waals surface area contributed by atoms with Crippen molar-refractivity contribution < 1.29 is 8.42 Å². The Morgan fingerprint density at radius 1 is 1.16 bits per heavy atom. The molecule has 2 N–H and O–H groups in total. The fourth-order valence-electron chi connectivity index (χ4n) is 3.20. The maximum Gasteiger partial charge on any atom is 0.282 e. The molecule has 2 rings (SSSR count). The van der Waals surface area contributed by atoms with E-state index < -0.39 is 10.2 Å². The molecule has 0 aromatic heterocycles. The molecule has 0 amide bonds. The van der Waals surface area contributed by atoms with Crippen molar-refractivity contribution in [1.29, 1.82) is 0 Å². The van der Waals surface area contributed by atoms with E-state index in [4.69, 9.17) is 5.73 Å². The van der Waals surface area contributed by atoms with Gasteiger partial charge in [0.15, 0.2) is 0 Å². The molecule has 0 bridgehead atoms. The Kier molecular flexibility index (Phi) is 4.87. The van der Waals surface area contributed by atoms with Crippen molar-refractivity contribution in [3.63, 3.8) is 0 Å². The molecule has 2 saturated heterocycles. The minimum absolute atomic E-state index is 0.134. The third-order valence-corrected chi connectivity index (χ3v) is 6.86. The first-order valence-electron chi connectivity index (χ1n) is 7.43. The van der Waals surface area contributed by atoms with Crippen molar-refractivity contribution in [3.05, 3.63) is 0 Å². The van der Waals surface area contributed by atoms with Crippen LogP contribution in [-0.4, -0.2) is 49.2 Å². The molecule has 0 aromatic rings. The summed E-state index contributed by atoms with van der Waals surface area (Å²) in [6, 6.07) is 0.134. The van der Waals surface area contributed by atoms with Gasteiger partial charge in [-0.15, -0.1) is 0 Å². The summed E-state index contributed by atoms with van der Waals surface area (Å²) in [4.78, 5) is 0. The molecule has 0 spiro atoms. The van der Waals surface area contributed by atoms with Crippen LogP contribution in [-0.2, 0) is 10.2 Å². The van der Waals surface area contributed by atoms with Crippen molar-refractivity contribution in [3.8, 4) is 0 Å². The van der Waals surface area contributed by atoms with Crippen LogP contribution in [0.4, 0.5) is 0 Å². The molecule has 2 aliphatic heterocycles. The highest BCUT2D eigenvalue weighted by atomic mass is 32.2. The Morgan fingerprint density at radius 2 is 1.89 bits per heavy atom. The second-order valence-electron chi connectivity index (χ2n) is 6.08. The van der Waals surface area contributed by atoms with Crippen LogP contribution in [0.3, 0.4) is 0 Å². The van der Waals surface area contributed by atoms with Crippen LogP contribution >= 0.6 is 0 Å². The van der Waals surface area contributed by atoms with E-state index >= 15 is 0 Å². The Labute approximate surface area is 117 Å². The normalized spacial score (nSPS) is 35.4. The minimum atomic E-state index is -3.29. The van der Waals surface area contributed by atoms with Crippen molar-refractivity contribution in [2.45, 2.75) is 45.6 Å². The van der Waals surface area contributed by atoms with Crippen LogP contribution in [0.1, 0.15) is 39.5 Å². The lowest BCUT2D eigenvalue weighted by atomic mass is 9.88. The predicted octanol–water partition coefficient (Wildman–Crippen LogP) is 1.02. The standard InChI is InChI=1S/C13H27N3O2S/c1-11-6-8-15(10-13(11)9-14)19(17,18)16-7-4-3-5-12(16)2/h11-13H,3-10,14H2,1-2H3. The molecule has 0 saturated carbocycles. The van der Waals surface area contributed by atoms with Crippen molar-refractivity contribution in [2.24, 2.45) is 17.6 Å². The summed E-state index contributed by atoms with van der Waals surface area (Å²) in [5.41, 5.74) is 5.77. The number of hydrogen-bond donors (Lipinski definition) is 1. The molecule has 5 nitrogen and oxygen atoms in total. The van der Waals surface area contributed by atoms with E-state index in [-0.39, 0.29) is 6.04 Å². The zero-order valence-electron chi connectivity index (χ0n) is 12.1. The van der Waals surface area contributed by atoms with Gasteiger partial charge in [-0.2, -0.15) is 17.0 Å². The molecule has 19 heavy (non-hydrogen) atoms. The van der Waals surface area contributed by atoms with Crippen molar-refractivity contribution in [1.82, 2.24) is 8.61 Å². The zero-order valence-corrected chi connectivity index (χ0v) is 12.9. The fraction of sp³-hybridized carbons (Fsp3) is 1.00. The van der Waals surface area contributed by atoms with Gasteiger partial charge in [0.2, 0.25) is 0 Å². The van der Waals surface area contributed by atoms with Gasteiger partial charge in [-0.05, 0) is 44.6 Å². The van der Waals surface area contributed by atoms with E-state index in [1.165, 1.54) is 0 Å². The average molecular weight is 289 g/mol. The maximum atomic E-state index is 12.7. The molecule has 0 aromatic carbocycles. The zero-order chi connectivity index (χ0) is 14.0. The average Bonchev–Trinajstić information content (AvgIpc) is 2.39. The first-order chi connectivity index (χ1) is 8.96. The molecule has 2 fully saturated rings. The lowest BCUT2D eigenvalue weighted by Gasteiger charge is -2.41. The van der Waals surface area contributed by atoms with Crippen LogP contribution in [0.2, 0.25) is 0 Å². The molecular formula is C13H27N3O2S. The smallest absolute Gasteiger partial charge is 0.282 e. The fourth-order valence-corrected chi connectivity index (χ4v) is 5.13. The summed E-state index contributed by atoms with van der Waals surface area (Å²) in [5.74, 6) is 0.818. The molecule has 3 atom stereocenters. The highest BCUT2D eigenvalue weighted by Crippen LogP contribution is 2.28. The first kappa shape index (κ1) is 15.2. The largest absolute Gasteiger partial charge is 0.330 e. The Balaban J connectivity index is 2.11. The molecule has 0 radical (unpaired) electrons. The number of nitrogens with two attached hydrogens (primary N) is 1. The molecule has 0 aliphatic carbocycles. The number of rotatable bonds is 3. The summed E-state index contributed by atoms with van der Waals surface area (Å²) < 4.78 is 28.8. The SMILES string of the molecule is CC1CCN(S(=O)(=O)N2CCCCC2C)CC1CN. The second-order valence-corrected chi connectivity index (χ2v) is 7.96. The monoisotopic (exact) mass is 289 g/mol. The number of nitrogens with zero attached hydrogens (tertiary/aromatic N) is 2. The molecule has 6 heteroatoms. The third-order valence-electron chi connectivity index (χ3n) is 4.74. The lowest BCUT2D eigenvalue weighted by molar-refractivity contribution is 0.179. The molecule has 2 heterocycles. The third kappa shape index (κ3) is 3.12. The van der Waals surface area contributed by atoms with Crippen LogP contribution in [0.5, 0.6) is 0 Å². The van der Waals surface area contributed by atoms with Gasteiger partial charge in [0.25, 0.3) is 10.2 Å². The van der Waals surface area contributed by atoms with Crippen molar-refractivity contribution in [2.75, 3.05) is 26.2 Å². The van der Waals surface area contributed by atoms with E-state index in [0.717, 1.165) is 25.7 Å². The van der Waals surface area contributed by atoms with Crippen LogP contribution in [0.25, 0.3) is 0 Å². The molecule has 3 unspecified atom stereocenters. The predicted molar refractivity (Wildman–Crippen MR) is 76.8 cm³/mol. The van der Waals surface area contributed by atoms with E-state index in [2.05, 4.69) is 6.92 Å². The summed E-state index contributed by atoms with van der Waals surface area (Å²) in [5, 5.41) is 0. The van der Waals surface area contributed by atoms with Gasteiger partial charge < -0.3 is 5.73 Å². The topological polar surface area (TPSA) is 66.6 Å². The van der Waals surface area contributed by atoms with Gasteiger partial charge >= 0.3 is 0 Å². The van der Waals surface area contributed by atoms with E-state index in [1.807, 2.05) is 6.92 Å². The summed E-state index contributed by atoms with van der Waals surface area (Å²) in [7, 11) is -3.29. The van der Waals surface area contributed by atoms with Crippen molar-refractivity contribution >= 4 is 10.2 Å². The van der Waals surface area contributed by atoms with Crippen LogP contribution < -0.4 is 5.73 Å². The first-order valence-corrected chi connectivity index (χ1v) is 8.83. The quantitative estimate of drug-likeness (QED) is 0.843. The van der Waals surface area contributed by atoms with Gasteiger partial charge in [-0.3, -0.25) is 0 Å². The van der Waals surface area contributed by atoms with E-state index in [1.54, 1.807) is 8.61 Å². The summed E-state index contributed by atoms with van der Waals surface area (Å²) >= 11 is 0. The Hall–Kier alpha value is -0.170. The van der Waals surface area contributed by atoms with Crippen LogP contribution in [0.15, 0.2) is 0 Å². The molecule has 2 aliphatic rings. The highest BCUT2D eigenvalue weighted by molar-refractivity contribution is 7.86. The Morgan fingerprint density at radius 3 is 2.53 bits per heavy atom. The molecular weight excluding hydrogens is 262 g/mol. The van der Waals surface area contributed by atoms with Gasteiger partial charge in [0.1, 0.15) is 0 Å². The van der Waals surface area contributed by atoms with Crippen LogP contribution in [0, 0.1) is 11.8 Å². The second kappa shape index (κ2) is 6.08. The van der Waals surface area contributed by atoms with Gasteiger partial charge in [0, 0.05) is 25.7 Å². The number of hydrogen-bond acceptors (Lipinski definition) is 3. The Bertz CT molecular complexity index is 399. The highest BCUT2D eigenvalue weighted by Gasteiger charge is 2.38. The van der Waals surface area contributed by atoms with E-state index in [9.17, 15) is 8.42 Å². The van der Waals surface area contributed by atoms with Gasteiger partial charge in [0.05, 0.1) is 0 Å². The molecule has 112 valence electrons. The maximum absolute atomic E-state index is 12.7. The summed E-state index contributed by atoms with van der Waals surface area (Å²) in [6.07, 6.45) is 4.01. The van der Waals surface area contributed by atoms with Gasteiger partial charge in [-0.25, -0.2) is 0 Å². The van der Waals surface area contributed by atoms with E-state index in [0.29, 0.717) is 38.0 Å². The summed E-state index contributed by atoms with van der Waals surface area (Å²) in [6.45, 7) is 6.66. The minimum Gasteiger partial charge on any atom is -0.330 e. The lowest BCUT2D eigenvalue weighted by Crippen LogP contribution is -2.54.